The van der Waals surface area contributed by atoms with Crippen LogP contribution in [0.15, 0.2) is 0 Å². The van der Waals surface area contributed by atoms with Gasteiger partial charge in [-0.3, -0.25) is 4.79 Å². The van der Waals surface area contributed by atoms with Crippen molar-refractivity contribution in [3.05, 3.63) is 0 Å². The van der Waals surface area contributed by atoms with Gasteiger partial charge in [0.25, 0.3) is 0 Å². The molecule has 4 bridgehead atoms. The molecule has 1 saturated heterocycles. The summed E-state index contributed by atoms with van der Waals surface area (Å²) in [7, 11) is 0. The first-order valence-electron chi connectivity index (χ1n) is 8.12. The number of carbonyl (C=O) groups is 2. The van der Waals surface area contributed by atoms with Crippen molar-refractivity contribution in [3.63, 3.8) is 0 Å². The molecule has 116 valence electrons. The maximum atomic E-state index is 14.2. The van der Waals surface area contributed by atoms with E-state index in [0.717, 1.165) is 19.3 Å². The minimum Gasteiger partial charge on any atom is -0.479 e. The zero-order valence-corrected chi connectivity index (χ0v) is 12.2. The molecule has 5 aliphatic rings. The van der Waals surface area contributed by atoms with E-state index in [1.54, 1.807) is 0 Å². The van der Waals surface area contributed by atoms with Gasteiger partial charge in [-0.25, -0.2) is 9.18 Å². The van der Waals surface area contributed by atoms with Crippen LogP contribution in [0.5, 0.6) is 0 Å². The largest absolute Gasteiger partial charge is 0.479 e. The van der Waals surface area contributed by atoms with Crippen LogP contribution in [0.1, 0.15) is 44.9 Å². The maximum absolute atomic E-state index is 14.2. The highest BCUT2D eigenvalue weighted by Gasteiger charge is 2.57. The monoisotopic (exact) mass is 295 g/mol. The summed E-state index contributed by atoms with van der Waals surface area (Å²) >= 11 is 0. The number of aliphatic carboxylic acids is 1. The van der Waals surface area contributed by atoms with Crippen LogP contribution in [0.3, 0.4) is 0 Å². The van der Waals surface area contributed by atoms with Gasteiger partial charge in [0.05, 0.1) is 12.0 Å². The number of carboxylic acids is 1. The Bertz CT molecular complexity index is 470. The van der Waals surface area contributed by atoms with Gasteiger partial charge in [-0.05, 0) is 56.3 Å². The van der Waals surface area contributed by atoms with Crippen molar-refractivity contribution in [2.45, 2.75) is 50.6 Å². The normalized spacial score (nSPS) is 47.9. The average molecular weight is 295 g/mol. The summed E-state index contributed by atoms with van der Waals surface area (Å²) in [6, 6.07) is 0. The molecule has 4 aliphatic carbocycles. The van der Waals surface area contributed by atoms with Crippen molar-refractivity contribution in [1.82, 2.24) is 4.90 Å². The van der Waals surface area contributed by atoms with E-state index in [1.165, 1.54) is 24.2 Å². The van der Waals surface area contributed by atoms with Crippen molar-refractivity contribution >= 4 is 11.9 Å². The quantitative estimate of drug-likeness (QED) is 0.850. The number of hydrogen-bond donors (Lipinski definition) is 1. The molecule has 1 amide bonds. The van der Waals surface area contributed by atoms with Crippen LogP contribution in [0.25, 0.3) is 0 Å². The predicted octanol–water partition coefficient (Wildman–Crippen LogP) is 2.23. The fourth-order valence-electron chi connectivity index (χ4n) is 5.83. The third-order valence-electron chi connectivity index (χ3n) is 6.38. The average Bonchev–Trinajstić information content (AvgIpc) is 2.80. The minimum absolute atomic E-state index is 0.0439. The predicted molar refractivity (Wildman–Crippen MR) is 73.3 cm³/mol. The number of hydrogen-bond acceptors (Lipinski definition) is 2. The third-order valence-corrected chi connectivity index (χ3v) is 6.38. The van der Waals surface area contributed by atoms with E-state index in [0.29, 0.717) is 17.8 Å². The molecule has 0 spiro atoms. The van der Waals surface area contributed by atoms with Crippen LogP contribution < -0.4 is 0 Å². The van der Waals surface area contributed by atoms with Gasteiger partial charge >= 0.3 is 5.97 Å². The molecule has 1 N–H and O–H groups in total. The van der Waals surface area contributed by atoms with Crippen molar-refractivity contribution in [1.29, 1.82) is 0 Å². The van der Waals surface area contributed by atoms with E-state index in [1.807, 2.05) is 0 Å². The highest BCUT2D eigenvalue weighted by atomic mass is 19.1. The molecule has 4 nitrogen and oxygen atoms in total. The van der Waals surface area contributed by atoms with Crippen LogP contribution in [-0.2, 0) is 9.59 Å². The molecule has 1 heterocycles. The Morgan fingerprint density at radius 1 is 1.05 bits per heavy atom. The standard InChI is InChI=1S/C16H22FNO3/c17-16(14(20)21)1-2-18(9-16)13(19)15-6-10-3-11(7-15)5-12(4-10)8-15/h10-12H,1-9H2,(H,20,21). The number of amides is 1. The lowest BCUT2D eigenvalue weighted by Crippen LogP contribution is -2.54. The first kappa shape index (κ1) is 13.5. The molecule has 0 aromatic heterocycles. The van der Waals surface area contributed by atoms with Gasteiger partial charge in [0.1, 0.15) is 0 Å². The Morgan fingerprint density at radius 3 is 2.00 bits per heavy atom. The summed E-state index contributed by atoms with van der Waals surface area (Å²) < 4.78 is 14.2. The van der Waals surface area contributed by atoms with Gasteiger partial charge in [-0.1, -0.05) is 0 Å². The van der Waals surface area contributed by atoms with E-state index in [2.05, 4.69) is 0 Å². The highest BCUT2D eigenvalue weighted by molar-refractivity contribution is 5.86. The number of likely N-dealkylation sites (tertiary alicyclic amines) is 1. The van der Waals surface area contributed by atoms with E-state index in [4.69, 9.17) is 5.11 Å². The van der Waals surface area contributed by atoms with Crippen LogP contribution in [0.2, 0.25) is 0 Å². The van der Waals surface area contributed by atoms with E-state index >= 15 is 0 Å². The summed E-state index contributed by atoms with van der Waals surface area (Å²) in [5.41, 5.74) is -2.53. The molecule has 0 radical (unpaired) electrons. The molecule has 21 heavy (non-hydrogen) atoms. The zero-order valence-electron chi connectivity index (χ0n) is 12.2. The molecule has 1 unspecified atom stereocenters. The van der Waals surface area contributed by atoms with Crippen molar-refractivity contribution in [2.75, 3.05) is 13.1 Å². The Kier molecular flexibility index (Phi) is 2.71. The number of nitrogens with zero attached hydrogens (tertiary/aromatic N) is 1. The number of carbonyl (C=O) groups excluding carboxylic acids is 1. The molecule has 0 aromatic carbocycles. The molecule has 1 aliphatic heterocycles. The van der Waals surface area contributed by atoms with Crippen LogP contribution in [-0.4, -0.2) is 40.6 Å². The fraction of sp³-hybridized carbons (Fsp3) is 0.875. The van der Waals surface area contributed by atoms with Gasteiger partial charge in [0.2, 0.25) is 11.6 Å². The van der Waals surface area contributed by atoms with Crippen molar-refractivity contribution in [3.8, 4) is 0 Å². The molecule has 5 fully saturated rings. The second kappa shape index (κ2) is 4.20. The summed E-state index contributed by atoms with van der Waals surface area (Å²) in [4.78, 5) is 25.5. The molecule has 5 heteroatoms. The molecule has 1 atom stereocenters. The van der Waals surface area contributed by atoms with Crippen LogP contribution >= 0.6 is 0 Å². The number of carboxylic acid groups (broad SMARTS) is 1. The highest BCUT2D eigenvalue weighted by Crippen LogP contribution is 2.60. The van der Waals surface area contributed by atoms with Crippen LogP contribution in [0, 0.1) is 23.2 Å². The lowest BCUT2D eigenvalue weighted by atomic mass is 9.49. The van der Waals surface area contributed by atoms with Gasteiger partial charge < -0.3 is 10.0 Å². The smallest absolute Gasteiger partial charge is 0.343 e. The third kappa shape index (κ3) is 1.92. The summed E-state index contributed by atoms with van der Waals surface area (Å²) in [5.74, 6) is 0.609. The maximum Gasteiger partial charge on any atom is 0.343 e. The molecule has 5 rings (SSSR count). The SMILES string of the molecule is O=C(O)C1(F)CCN(C(=O)C23CC4CC(CC(C4)C2)C3)C1. The lowest BCUT2D eigenvalue weighted by Gasteiger charge is -2.56. The Morgan fingerprint density at radius 2 is 1.57 bits per heavy atom. The Hall–Kier alpha value is -1.13. The molecular weight excluding hydrogens is 273 g/mol. The van der Waals surface area contributed by atoms with E-state index in [9.17, 15) is 14.0 Å². The van der Waals surface area contributed by atoms with Gasteiger partial charge in [0.15, 0.2) is 0 Å². The van der Waals surface area contributed by atoms with E-state index < -0.39 is 11.6 Å². The summed E-state index contributed by atoms with van der Waals surface area (Å²) in [6.45, 7) is -0.00764. The number of rotatable bonds is 2. The number of halogens is 1. The van der Waals surface area contributed by atoms with Crippen molar-refractivity contribution < 1.29 is 19.1 Å². The summed E-state index contributed by atoms with van der Waals surface area (Å²) in [5, 5.41) is 8.99. The topological polar surface area (TPSA) is 57.6 Å². The Labute approximate surface area is 123 Å². The van der Waals surface area contributed by atoms with E-state index in [-0.39, 0.29) is 30.8 Å². The van der Waals surface area contributed by atoms with Gasteiger partial charge in [-0.2, -0.15) is 0 Å². The van der Waals surface area contributed by atoms with Crippen LogP contribution in [0.4, 0.5) is 4.39 Å². The lowest BCUT2D eigenvalue weighted by molar-refractivity contribution is -0.158. The molecular formula is C16H22FNO3. The van der Waals surface area contributed by atoms with Crippen molar-refractivity contribution in [2.24, 2.45) is 23.2 Å². The first-order chi connectivity index (χ1) is 9.90. The Balaban J connectivity index is 1.55. The minimum atomic E-state index is -2.24. The molecule has 0 aromatic rings. The van der Waals surface area contributed by atoms with Gasteiger partial charge in [-0.15, -0.1) is 0 Å². The zero-order chi connectivity index (χ0) is 14.8. The number of alkyl halides is 1. The second-order valence-corrected chi connectivity index (χ2v) is 7.95. The summed E-state index contributed by atoms with van der Waals surface area (Å²) in [6.07, 6.45) is 6.54. The fourth-order valence-corrected chi connectivity index (χ4v) is 5.83. The first-order valence-corrected chi connectivity index (χ1v) is 8.12. The molecule has 4 saturated carbocycles. The van der Waals surface area contributed by atoms with Gasteiger partial charge in [0, 0.05) is 13.0 Å². The second-order valence-electron chi connectivity index (χ2n) is 7.95.